The van der Waals surface area contributed by atoms with Gasteiger partial charge in [-0.15, -0.1) is 0 Å². The fraction of sp³-hybridized carbons (Fsp3) is 0.929. The van der Waals surface area contributed by atoms with Crippen molar-refractivity contribution in [1.29, 1.82) is 0 Å². The van der Waals surface area contributed by atoms with Crippen LogP contribution in [-0.2, 0) is 9.59 Å². The average Bonchev–Trinajstić information content (AvgIpc) is 3.14. The lowest BCUT2D eigenvalue weighted by Crippen LogP contribution is -2.58. The van der Waals surface area contributed by atoms with Gasteiger partial charge in [-0.1, -0.05) is 20.8 Å². The van der Waals surface area contributed by atoms with E-state index in [1.165, 1.54) is 17.7 Å². The molecule has 1 amide bonds. The van der Waals surface area contributed by atoms with Crippen LogP contribution in [0.4, 0.5) is 0 Å². The molecule has 0 aromatic heterocycles. The molecule has 3 N–H and O–H groups in total. The van der Waals surface area contributed by atoms with E-state index in [1.807, 2.05) is 0 Å². The van der Waals surface area contributed by atoms with E-state index in [9.17, 15) is 24.9 Å². The number of aliphatic hydroxyl groups excluding tert-OH is 2. The minimum absolute atomic E-state index is 0.0914. The lowest BCUT2D eigenvalue weighted by molar-refractivity contribution is -0.174. The summed E-state index contributed by atoms with van der Waals surface area (Å²) in [6.07, 6.45) is 9.06. The van der Waals surface area contributed by atoms with Gasteiger partial charge in [0, 0.05) is 13.5 Å². The molecule has 194 valence electrons. The number of hydrogen-bond acceptors (Lipinski definition) is 4. The third-order valence-corrected chi connectivity index (χ3v) is 11.6. The van der Waals surface area contributed by atoms with Crippen LogP contribution >= 0.6 is 0 Å². The number of amides is 1. The maximum absolute atomic E-state index is 12.6. The second-order valence-electron chi connectivity index (χ2n) is 13.0. The summed E-state index contributed by atoms with van der Waals surface area (Å²) in [5.41, 5.74) is 0.439. The number of hydrogen-bond donors (Lipinski definition) is 3. The number of nitrogens with zero attached hydrogens (tertiary/aromatic N) is 1. The Bertz CT molecular complexity index is 787. The molecule has 34 heavy (non-hydrogen) atoms. The van der Waals surface area contributed by atoms with Crippen molar-refractivity contribution in [2.24, 2.45) is 46.3 Å². The third-order valence-electron chi connectivity index (χ3n) is 11.6. The van der Waals surface area contributed by atoms with Gasteiger partial charge in [0.25, 0.3) is 0 Å². The summed E-state index contributed by atoms with van der Waals surface area (Å²) in [7, 11) is 1.59. The van der Waals surface area contributed by atoms with Gasteiger partial charge >= 0.3 is 5.97 Å². The second-order valence-corrected chi connectivity index (χ2v) is 13.0. The molecule has 0 bridgehead atoms. The Kier molecular flexibility index (Phi) is 7.16. The molecule has 6 nitrogen and oxygen atoms in total. The molecule has 0 unspecified atom stereocenters. The van der Waals surface area contributed by atoms with Gasteiger partial charge in [0.15, 0.2) is 0 Å². The Morgan fingerprint density at radius 1 is 0.971 bits per heavy atom. The molecule has 0 heterocycles. The number of fused-ring (bicyclic) bond motifs is 5. The summed E-state index contributed by atoms with van der Waals surface area (Å²) in [5, 5.41) is 30.9. The Labute approximate surface area is 205 Å². The molecule has 0 saturated heterocycles. The van der Waals surface area contributed by atoms with Crippen molar-refractivity contribution in [3.63, 3.8) is 0 Å². The van der Waals surface area contributed by atoms with Gasteiger partial charge < -0.3 is 20.2 Å². The molecule has 4 aliphatic carbocycles. The summed E-state index contributed by atoms with van der Waals surface area (Å²) >= 11 is 0. The summed E-state index contributed by atoms with van der Waals surface area (Å²) < 4.78 is 0. The molecule has 4 rings (SSSR count). The van der Waals surface area contributed by atoms with E-state index in [0.29, 0.717) is 41.9 Å². The maximum atomic E-state index is 12.6. The molecule has 4 aliphatic rings. The Hall–Kier alpha value is -1.14. The zero-order valence-corrected chi connectivity index (χ0v) is 21.9. The number of aliphatic hydroxyl groups is 2. The second kappa shape index (κ2) is 9.38. The number of carbonyl (C=O) groups is 2. The van der Waals surface area contributed by atoms with Crippen LogP contribution in [0.1, 0.15) is 91.9 Å². The molecule has 6 heteroatoms. The van der Waals surface area contributed by atoms with E-state index in [-0.39, 0.29) is 28.9 Å². The molecule has 0 aromatic rings. The molecule has 4 saturated carbocycles. The summed E-state index contributed by atoms with van der Waals surface area (Å²) in [6.45, 7) is 8.73. The predicted octanol–water partition coefficient (Wildman–Crippen LogP) is 4.32. The lowest BCUT2D eigenvalue weighted by Gasteiger charge is -2.62. The fourth-order valence-electron chi connectivity index (χ4n) is 9.29. The SMILES string of the molecule is C[C@H](CCC(=O)N(C)[C@@H](C)C(=O)O)[C@H]1CC[C@H]2[C@@H]3[C@@H](O)C[C@@H]4C[C@H](O)CC[C@]4(C)[C@H]3CC[C@]12C. The summed E-state index contributed by atoms with van der Waals surface area (Å²) in [6, 6.07) is -0.801. The number of aliphatic carboxylic acids is 1. The maximum Gasteiger partial charge on any atom is 0.326 e. The standard InChI is InChI=1S/C28H47NO5/c1-16(6-9-24(32)29(5)17(2)26(33)34)20-7-8-21-25-22(11-13-28(20,21)4)27(3)12-10-19(30)14-18(27)15-23(25)31/h16-23,25,30-31H,6-15H2,1-5H3,(H,33,34)/t16-,17+,18+,19-,20-,21+,22+,23+,25+,27+,28-/m1/s1. The van der Waals surface area contributed by atoms with Gasteiger partial charge in [-0.2, -0.15) is 0 Å². The quantitative estimate of drug-likeness (QED) is 0.529. The molecule has 4 fully saturated rings. The average molecular weight is 478 g/mol. The topological polar surface area (TPSA) is 98.1 Å². The van der Waals surface area contributed by atoms with Crippen LogP contribution in [0.2, 0.25) is 0 Å². The van der Waals surface area contributed by atoms with E-state index >= 15 is 0 Å². The largest absolute Gasteiger partial charge is 0.480 e. The van der Waals surface area contributed by atoms with Crippen LogP contribution in [0.25, 0.3) is 0 Å². The molecule has 0 spiro atoms. The van der Waals surface area contributed by atoms with Crippen LogP contribution in [0.15, 0.2) is 0 Å². The number of likely N-dealkylation sites (N-methyl/N-ethyl adjacent to an activating group) is 1. The molecule has 0 aliphatic heterocycles. The van der Waals surface area contributed by atoms with Crippen LogP contribution in [0.5, 0.6) is 0 Å². The van der Waals surface area contributed by atoms with Crippen molar-refractivity contribution in [1.82, 2.24) is 4.90 Å². The Morgan fingerprint density at radius 3 is 2.29 bits per heavy atom. The van der Waals surface area contributed by atoms with Crippen molar-refractivity contribution < 1.29 is 24.9 Å². The third kappa shape index (κ3) is 4.21. The minimum atomic E-state index is -0.971. The van der Waals surface area contributed by atoms with E-state index in [4.69, 9.17) is 0 Å². The van der Waals surface area contributed by atoms with Gasteiger partial charge in [-0.05, 0) is 111 Å². The highest BCUT2D eigenvalue weighted by atomic mass is 16.4. The fourth-order valence-corrected chi connectivity index (χ4v) is 9.29. The van der Waals surface area contributed by atoms with E-state index in [0.717, 1.165) is 44.9 Å². The molecular weight excluding hydrogens is 430 g/mol. The minimum Gasteiger partial charge on any atom is -0.480 e. The molecule has 11 atom stereocenters. The van der Waals surface area contributed by atoms with E-state index < -0.39 is 12.0 Å². The van der Waals surface area contributed by atoms with Gasteiger partial charge in [-0.25, -0.2) is 4.79 Å². The van der Waals surface area contributed by atoms with Gasteiger partial charge in [-0.3, -0.25) is 4.79 Å². The first kappa shape index (κ1) is 25.9. The van der Waals surface area contributed by atoms with Crippen molar-refractivity contribution in [2.75, 3.05) is 7.05 Å². The first-order valence-electron chi connectivity index (χ1n) is 13.7. The number of carboxylic acids is 1. The zero-order valence-electron chi connectivity index (χ0n) is 21.9. The Balaban J connectivity index is 1.44. The summed E-state index contributed by atoms with van der Waals surface area (Å²) in [4.78, 5) is 25.2. The molecular formula is C28H47NO5. The van der Waals surface area contributed by atoms with Gasteiger partial charge in [0.1, 0.15) is 6.04 Å². The van der Waals surface area contributed by atoms with Crippen molar-refractivity contribution in [3.8, 4) is 0 Å². The number of carbonyl (C=O) groups excluding carboxylic acids is 1. The first-order valence-corrected chi connectivity index (χ1v) is 13.7. The van der Waals surface area contributed by atoms with Crippen molar-refractivity contribution in [3.05, 3.63) is 0 Å². The molecule has 0 radical (unpaired) electrons. The highest BCUT2D eigenvalue weighted by molar-refractivity contribution is 5.83. The van der Waals surface area contributed by atoms with Gasteiger partial charge in [0.2, 0.25) is 5.91 Å². The normalized spacial score (nSPS) is 45.4. The van der Waals surface area contributed by atoms with Crippen molar-refractivity contribution >= 4 is 11.9 Å². The van der Waals surface area contributed by atoms with Crippen LogP contribution < -0.4 is 0 Å². The lowest BCUT2D eigenvalue weighted by atomic mass is 9.43. The van der Waals surface area contributed by atoms with Crippen molar-refractivity contribution in [2.45, 2.75) is 110 Å². The van der Waals surface area contributed by atoms with E-state index in [1.54, 1.807) is 14.0 Å². The first-order chi connectivity index (χ1) is 15.9. The van der Waals surface area contributed by atoms with E-state index in [2.05, 4.69) is 20.8 Å². The smallest absolute Gasteiger partial charge is 0.326 e. The highest BCUT2D eigenvalue weighted by Gasteiger charge is 2.62. The van der Waals surface area contributed by atoms with Crippen LogP contribution in [-0.4, -0.2) is 57.4 Å². The number of rotatable bonds is 6. The van der Waals surface area contributed by atoms with Crippen LogP contribution in [0, 0.1) is 46.3 Å². The monoisotopic (exact) mass is 477 g/mol. The van der Waals surface area contributed by atoms with Gasteiger partial charge in [0.05, 0.1) is 12.2 Å². The highest BCUT2D eigenvalue weighted by Crippen LogP contribution is 2.68. The Morgan fingerprint density at radius 2 is 1.62 bits per heavy atom. The molecule has 0 aromatic carbocycles. The zero-order chi connectivity index (χ0) is 25.0. The summed E-state index contributed by atoms with van der Waals surface area (Å²) in [5.74, 6) is 1.75. The number of carboxylic acid groups (broad SMARTS) is 1. The van der Waals surface area contributed by atoms with Crippen LogP contribution in [0.3, 0.4) is 0 Å². The predicted molar refractivity (Wildman–Crippen MR) is 131 cm³/mol.